The van der Waals surface area contributed by atoms with E-state index in [1.807, 2.05) is 6.07 Å². The van der Waals surface area contributed by atoms with Gasteiger partial charge in [-0.25, -0.2) is 0 Å². The highest BCUT2D eigenvalue weighted by Gasteiger charge is 2.56. The van der Waals surface area contributed by atoms with E-state index >= 15 is 0 Å². The van der Waals surface area contributed by atoms with Crippen molar-refractivity contribution in [2.45, 2.75) is 109 Å². The van der Waals surface area contributed by atoms with Crippen LogP contribution in [0.3, 0.4) is 0 Å². The monoisotopic (exact) mass is 399 g/mol. The Balaban J connectivity index is 2.06. The number of ether oxygens (including phenoxy) is 1. The maximum atomic E-state index is 11.1. The van der Waals surface area contributed by atoms with Crippen LogP contribution in [0, 0.1) is 5.92 Å². The van der Waals surface area contributed by atoms with Crippen LogP contribution in [0.2, 0.25) is 0 Å². The van der Waals surface area contributed by atoms with Gasteiger partial charge in [0.05, 0.1) is 5.54 Å². The summed E-state index contributed by atoms with van der Waals surface area (Å²) in [6.45, 7) is 10.9. The molecule has 1 fully saturated rings. The van der Waals surface area contributed by atoms with Crippen molar-refractivity contribution in [3.05, 3.63) is 33.7 Å². The fraction of sp³-hybridized carbons (Fsp3) is 0.750. The van der Waals surface area contributed by atoms with E-state index in [0.717, 1.165) is 37.7 Å². The normalized spacial score (nSPS) is 25.3. The van der Waals surface area contributed by atoms with Crippen molar-refractivity contribution >= 4 is 0 Å². The number of benzene rings is 1. The topological polar surface area (TPSA) is 78.2 Å². The Bertz CT molecular complexity index is 796. The summed E-state index contributed by atoms with van der Waals surface area (Å²) in [6, 6.07) is 3.98. The summed E-state index contributed by atoms with van der Waals surface area (Å²) in [5.41, 5.74) is 9.96. The van der Waals surface area contributed by atoms with Crippen LogP contribution in [-0.2, 0) is 11.0 Å². The van der Waals surface area contributed by atoms with Crippen molar-refractivity contribution in [2.24, 2.45) is 11.0 Å². The van der Waals surface area contributed by atoms with E-state index in [0.29, 0.717) is 11.3 Å². The molecule has 5 heteroatoms. The molecule has 0 amide bonds. The second kappa shape index (κ2) is 8.10. The standard InChI is InChI=1S/C24H37N3O2/c1-6-7-8-10-13-22(2,3)17-15-18(28)21-19(16-17)29-23(4,5)20-12-9-11-14-24(20,21)26-27-25/h15-16,20,28H,6-14H2,1-5H3. The first-order valence-electron chi connectivity index (χ1n) is 11.3. The molecule has 0 aromatic heterocycles. The minimum Gasteiger partial charge on any atom is -0.507 e. The molecule has 2 atom stereocenters. The van der Waals surface area contributed by atoms with Crippen molar-refractivity contribution < 1.29 is 9.84 Å². The number of aromatic hydroxyl groups is 1. The smallest absolute Gasteiger partial charge is 0.128 e. The first-order valence-corrected chi connectivity index (χ1v) is 11.3. The Hall–Kier alpha value is -1.87. The summed E-state index contributed by atoms with van der Waals surface area (Å²) in [4.78, 5) is 3.23. The molecule has 1 aromatic carbocycles. The molecule has 1 aliphatic carbocycles. The van der Waals surface area contributed by atoms with Crippen LogP contribution in [0.4, 0.5) is 0 Å². The maximum Gasteiger partial charge on any atom is 0.128 e. The average Bonchev–Trinajstić information content (AvgIpc) is 2.64. The van der Waals surface area contributed by atoms with Gasteiger partial charge in [0.15, 0.2) is 0 Å². The fourth-order valence-electron chi connectivity index (χ4n) is 5.63. The van der Waals surface area contributed by atoms with Crippen molar-refractivity contribution in [3.8, 4) is 11.5 Å². The molecular weight excluding hydrogens is 362 g/mol. The lowest BCUT2D eigenvalue weighted by Gasteiger charge is -2.53. The Morgan fingerprint density at radius 3 is 2.69 bits per heavy atom. The number of rotatable bonds is 7. The molecule has 0 spiro atoms. The first kappa shape index (κ1) is 21.8. The molecule has 2 unspecified atom stereocenters. The van der Waals surface area contributed by atoms with Crippen LogP contribution < -0.4 is 4.74 Å². The number of hydrogen-bond donors (Lipinski definition) is 1. The number of fused-ring (bicyclic) bond motifs is 3. The van der Waals surface area contributed by atoms with Gasteiger partial charge in [-0.15, -0.1) is 0 Å². The number of unbranched alkanes of at least 4 members (excludes halogenated alkanes) is 3. The highest BCUT2D eigenvalue weighted by molar-refractivity contribution is 5.55. The molecule has 2 aliphatic rings. The number of azide groups is 1. The Labute approximate surface area is 175 Å². The van der Waals surface area contributed by atoms with Gasteiger partial charge in [0.1, 0.15) is 17.1 Å². The predicted octanol–water partition coefficient (Wildman–Crippen LogP) is 7.51. The van der Waals surface area contributed by atoms with Crippen molar-refractivity contribution in [1.29, 1.82) is 0 Å². The average molecular weight is 400 g/mol. The van der Waals surface area contributed by atoms with Gasteiger partial charge in [0.25, 0.3) is 0 Å². The van der Waals surface area contributed by atoms with Crippen LogP contribution >= 0.6 is 0 Å². The van der Waals surface area contributed by atoms with Crippen molar-refractivity contribution in [2.75, 3.05) is 0 Å². The predicted molar refractivity (Wildman–Crippen MR) is 117 cm³/mol. The van der Waals surface area contributed by atoms with E-state index in [1.54, 1.807) is 0 Å². The van der Waals surface area contributed by atoms with Crippen molar-refractivity contribution in [1.82, 2.24) is 0 Å². The van der Waals surface area contributed by atoms with Gasteiger partial charge in [0.2, 0.25) is 0 Å². The van der Waals surface area contributed by atoms with E-state index in [4.69, 9.17) is 4.74 Å². The minimum atomic E-state index is -0.724. The lowest BCUT2D eigenvalue weighted by Crippen LogP contribution is -2.54. The Morgan fingerprint density at radius 2 is 2.00 bits per heavy atom. The third-order valence-electron chi connectivity index (χ3n) is 7.26. The molecule has 1 saturated carbocycles. The zero-order valence-corrected chi connectivity index (χ0v) is 18.8. The van der Waals surface area contributed by atoms with Gasteiger partial charge < -0.3 is 9.84 Å². The lowest BCUT2D eigenvalue weighted by atomic mass is 9.61. The quantitative estimate of drug-likeness (QED) is 0.223. The summed E-state index contributed by atoms with van der Waals surface area (Å²) in [5.74, 6) is 0.970. The van der Waals surface area contributed by atoms with Crippen LogP contribution in [0.5, 0.6) is 11.5 Å². The molecule has 3 rings (SSSR count). The first-order chi connectivity index (χ1) is 13.7. The third kappa shape index (κ3) is 3.94. The highest BCUT2D eigenvalue weighted by atomic mass is 16.5. The molecule has 0 saturated heterocycles. The van der Waals surface area contributed by atoms with Gasteiger partial charge >= 0.3 is 0 Å². The van der Waals surface area contributed by atoms with E-state index in [1.165, 1.54) is 25.7 Å². The largest absolute Gasteiger partial charge is 0.507 e. The molecule has 1 N–H and O–H groups in total. The minimum absolute atomic E-state index is 0.0528. The number of hydrogen-bond acceptors (Lipinski definition) is 3. The summed E-state index contributed by atoms with van der Waals surface area (Å²) >= 11 is 0. The van der Waals surface area contributed by atoms with E-state index < -0.39 is 11.1 Å². The summed E-state index contributed by atoms with van der Waals surface area (Å²) in [7, 11) is 0. The SMILES string of the molecule is CCCCCCC(C)(C)c1cc(O)c2c(c1)OC(C)(C)C1CCCCC21N=[N+]=[N-]. The Kier molecular flexibility index (Phi) is 6.10. The second-order valence-electron chi connectivity index (χ2n) is 10.2. The van der Waals surface area contributed by atoms with Crippen LogP contribution in [0.25, 0.3) is 10.4 Å². The summed E-state index contributed by atoms with van der Waals surface area (Å²) in [6.07, 6.45) is 9.76. The molecule has 0 radical (unpaired) electrons. The molecule has 1 heterocycles. The van der Waals surface area contributed by atoms with Crippen LogP contribution in [-0.4, -0.2) is 10.7 Å². The lowest BCUT2D eigenvalue weighted by molar-refractivity contribution is -0.0442. The van der Waals surface area contributed by atoms with Gasteiger partial charge in [-0.3, -0.25) is 0 Å². The molecule has 0 bridgehead atoms. The summed E-state index contributed by atoms with van der Waals surface area (Å²) < 4.78 is 6.48. The molecule has 5 nitrogen and oxygen atoms in total. The number of phenolic OH excluding ortho intramolecular Hbond substituents is 1. The molecule has 1 aliphatic heterocycles. The summed E-state index contributed by atoms with van der Waals surface area (Å²) in [5, 5.41) is 15.5. The molecule has 160 valence electrons. The van der Waals surface area contributed by atoms with Crippen LogP contribution in [0.15, 0.2) is 17.2 Å². The zero-order chi connectivity index (χ0) is 21.3. The van der Waals surface area contributed by atoms with Gasteiger partial charge in [0, 0.05) is 16.4 Å². The highest BCUT2D eigenvalue weighted by Crippen LogP contribution is 2.59. The van der Waals surface area contributed by atoms with E-state index in [9.17, 15) is 10.6 Å². The maximum absolute atomic E-state index is 11.1. The molecule has 1 aromatic rings. The van der Waals surface area contributed by atoms with E-state index in [-0.39, 0.29) is 17.1 Å². The van der Waals surface area contributed by atoms with Gasteiger partial charge in [-0.05, 0) is 61.8 Å². The Morgan fingerprint density at radius 1 is 1.24 bits per heavy atom. The number of phenols is 1. The van der Waals surface area contributed by atoms with Crippen molar-refractivity contribution in [3.63, 3.8) is 0 Å². The molecular formula is C24H37N3O2. The van der Waals surface area contributed by atoms with Crippen LogP contribution in [0.1, 0.15) is 104 Å². The number of nitrogens with zero attached hydrogens (tertiary/aromatic N) is 3. The van der Waals surface area contributed by atoms with Gasteiger partial charge in [-0.2, -0.15) is 0 Å². The molecule has 29 heavy (non-hydrogen) atoms. The third-order valence-corrected chi connectivity index (χ3v) is 7.26. The second-order valence-corrected chi connectivity index (χ2v) is 10.2. The van der Waals surface area contributed by atoms with Gasteiger partial charge in [-0.1, -0.05) is 64.4 Å². The zero-order valence-electron chi connectivity index (χ0n) is 18.8. The fourth-order valence-corrected chi connectivity index (χ4v) is 5.63. The van der Waals surface area contributed by atoms with E-state index in [2.05, 4.69) is 50.7 Å².